The number of ether oxygens (including phenoxy) is 1. The first kappa shape index (κ1) is 13.8. The van der Waals surface area contributed by atoms with Crippen LogP contribution in [0, 0.1) is 0 Å². The Morgan fingerprint density at radius 3 is 2.68 bits per heavy atom. The van der Waals surface area contributed by atoms with E-state index in [9.17, 15) is 0 Å². The molecule has 19 heavy (non-hydrogen) atoms. The van der Waals surface area contributed by atoms with Crippen LogP contribution in [0.25, 0.3) is 0 Å². The number of aryl methyl sites for hydroxylation is 1. The summed E-state index contributed by atoms with van der Waals surface area (Å²) in [5.74, 6) is 0.489. The average molecular weight is 279 g/mol. The van der Waals surface area contributed by atoms with Crippen molar-refractivity contribution < 1.29 is 9.84 Å². The van der Waals surface area contributed by atoms with Crippen LogP contribution in [-0.4, -0.2) is 21.7 Å². The van der Waals surface area contributed by atoms with E-state index in [-0.39, 0.29) is 6.61 Å². The van der Waals surface area contributed by atoms with Crippen molar-refractivity contribution in [2.75, 3.05) is 6.61 Å². The summed E-state index contributed by atoms with van der Waals surface area (Å²) < 4.78 is 5.53. The number of hydrogen-bond acceptors (Lipinski definition) is 4. The molecule has 0 atom stereocenters. The third-order valence-corrected chi connectivity index (χ3v) is 3.00. The minimum absolute atomic E-state index is 0.187. The monoisotopic (exact) mass is 278 g/mol. The first-order chi connectivity index (χ1) is 9.29. The number of rotatable bonds is 6. The van der Waals surface area contributed by atoms with Gasteiger partial charge >= 0.3 is 0 Å². The van der Waals surface area contributed by atoms with Gasteiger partial charge in [0.2, 0.25) is 5.88 Å². The average Bonchev–Trinajstić information content (AvgIpc) is 2.46. The predicted molar refractivity (Wildman–Crippen MR) is 73.2 cm³/mol. The quantitative estimate of drug-likeness (QED) is 0.826. The van der Waals surface area contributed by atoms with Crippen LogP contribution >= 0.6 is 11.6 Å². The number of aromatic nitrogens is 2. The van der Waals surface area contributed by atoms with Gasteiger partial charge in [-0.2, -0.15) is 0 Å². The van der Waals surface area contributed by atoms with E-state index in [4.69, 9.17) is 21.4 Å². The maximum absolute atomic E-state index is 9.05. The number of aliphatic hydroxyl groups is 1. The zero-order valence-corrected chi connectivity index (χ0v) is 11.2. The standard InChI is InChI=1S/C14H15ClN2O2/c15-12-3-4-14(17-13(12)10-18)19-9-1-2-11-5-7-16-8-6-11/h3-8,18H,1-2,9-10H2. The van der Waals surface area contributed by atoms with E-state index in [0.29, 0.717) is 23.2 Å². The molecule has 4 nitrogen and oxygen atoms in total. The lowest BCUT2D eigenvalue weighted by molar-refractivity contribution is 0.268. The van der Waals surface area contributed by atoms with Crippen LogP contribution in [0.2, 0.25) is 5.02 Å². The van der Waals surface area contributed by atoms with E-state index in [0.717, 1.165) is 12.8 Å². The normalized spacial score (nSPS) is 10.4. The van der Waals surface area contributed by atoms with Crippen LogP contribution < -0.4 is 4.74 Å². The molecule has 2 rings (SSSR count). The summed E-state index contributed by atoms with van der Waals surface area (Å²) in [5, 5.41) is 9.51. The lowest BCUT2D eigenvalue weighted by Gasteiger charge is -2.07. The summed E-state index contributed by atoms with van der Waals surface area (Å²) in [4.78, 5) is 8.09. The van der Waals surface area contributed by atoms with E-state index >= 15 is 0 Å². The Labute approximate surface area is 117 Å². The summed E-state index contributed by atoms with van der Waals surface area (Å²) in [6.45, 7) is 0.384. The zero-order valence-electron chi connectivity index (χ0n) is 10.4. The molecule has 0 spiro atoms. The third kappa shape index (κ3) is 4.19. The van der Waals surface area contributed by atoms with Gasteiger partial charge in [-0.25, -0.2) is 4.98 Å². The summed E-state index contributed by atoms with van der Waals surface area (Å²) in [7, 11) is 0. The fourth-order valence-corrected chi connectivity index (χ4v) is 1.82. The number of pyridine rings is 2. The van der Waals surface area contributed by atoms with Gasteiger partial charge in [-0.05, 0) is 36.6 Å². The van der Waals surface area contributed by atoms with E-state index < -0.39 is 0 Å². The third-order valence-electron chi connectivity index (χ3n) is 2.65. The maximum atomic E-state index is 9.05. The summed E-state index contributed by atoms with van der Waals surface area (Å²) in [5.41, 5.74) is 1.67. The molecule has 0 aliphatic rings. The van der Waals surface area contributed by atoms with Crippen LogP contribution in [0.5, 0.6) is 5.88 Å². The molecule has 0 amide bonds. The molecule has 1 N–H and O–H groups in total. The summed E-state index contributed by atoms with van der Waals surface area (Å²) >= 11 is 5.85. The van der Waals surface area contributed by atoms with Crippen molar-refractivity contribution in [2.45, 2.75) is 19.4 Å². The Bertz CT molecular complexity index is 520. The van der Waals surface area contributed by atoms with Crippen molar-refractivity contribution in [3.63, 3.8) is 0 Å². The van der Waals surface area contributed by atoms with Crippen LogP contribution in [-0.2, 0) is 13.0 Å². The van der Waals surface area contributed by atoms with Crippen molar-refractivity contribution in [1.29, 1.82) is 0 Å². The molecular formula is C14H15ClN2O2. The number of aliphatic hydroxyl groups excluding tert-OH is 1. The second kappa shape index (κ2) is 7.07. The van der Waals surface area contributed by atoms with E-state index in [1.54, 1.807) is 24.5 Å². The fourth-order valence-electron chi connectivity index (χ4n) is 1.66. The maximum Gasteiger partial charge on any atom is 0.213 e. The van der Waals surface area contributed by atoms with Gasteiger partial charge in [0.1, 0.15) is 0 Å². The highest BCUT2D eigenvalue weighted by atomic mass is 35.5. The van der Waals surface area contributed by atoms with Gasteiger partial charge < -0.3 is 9.84 Å². The lowest BCUT2D eigenvalue weighted by Crippen LogP contribution is -2.02. The molecule has 100 valence electrons. The highest BCUT2D eigenvalue weighted by Crippen LogP contribution is 2.18. The van der Waals surface area contributed by atoms with Crippen LogP contribution in [0.4, 0.5) is 0 Å². The number of hydrogen-bond donors (Lipinski definition) is 1. The summed E-state index contributed by atoms with van der Waals surface area (Å²) in [6, 6.07) is 7.36. The van der Waals surface area contributed by atoms with E-state index in [1.807, 2.05) is 12.1 Å². The van der Waals surface area contributed by atoms with Crippen LogP contribution in [0.3, 0.4) is 0 Å². The highest BCUT2D eigenvalue weighted by Gasteiger charge is 2.03. The van der Waals surface area contributed by atoms with Gasteiger partial charge in [0.25, 0.3) is 0 Å². The first-order valence-corrected chi connectivity index (χ1v) is 6.45. The molecule has 2 heterocycles. The van der Waals surface area contributed by atoms with Crippen LogP contribution in [0.1, 0.15) is 17.7 Å². The Hall–Kier alpha value is -1.65. The molecule has 0 radical (unpaired) electrons. The topological polar surface area (TPSA) is 55.2 Å². The van der Waals surface area contributed by atoms with Crippen molar-refractivity contribution >= 4 is 11.6 Å². The molecule has 2 aromatic rings. The fraction of sp³-hybridized carbons (Fsp3) is 0.286. The predicted octanol–water partition coefficient (Wildman–Crippen LogP) is 2.63. The van der Waals surface area contributed by atoms with E-state index in [2.05, 4.69) is 9.97 Å². The second-order valence-corrected chi connectivity index (χ2v) is 4.45. The van der Waals surface area contributed by atoms with Crippen molar-refractivity contribution in [3.8, 4) is 5.88 Å². The molecule has 0 aromatic carbocycles. The molecule has 0 unspecified atom stereocenters. The van der Waals surface area contributed by atoms with Gasteiger partial charge in [0.15, 0.2) is 0 Å². The molecular weight excluding hydrogens is 264 g/mol. The van der Waals surface area contributed by atoms with Crippen molar-refractivity contribution in [3.05, 3.63) is 52.9 Å². The molecule has 0 bridgehead atoms. The molecule has 0 saturated heterocycles. The lowest BCUT2D eigenvalue weighted by atomic mass is 10.1. The first-order valence-electron chi connectivity index (χ1n) is 6.07. The smallest absolute Gasteiger partial charge is 0.213 e. The largest absolute Gasteiger partial charge is 0.478 e. The number of nitrogens with zero attached hydrogens (tertiary/aromatic N) is 2. The minimum atomic E-state index is -0.187. The van der Waals surface area contributed by atoms with Crippen LogP contribution in [0.15, 0.2) is 36.7 Å². The zero-order chi connectivity index (χ0) is 13.5. The SMILES string of the molecule is OCc1nc(OCCCc2ccncc2)ccc1Cl. The van der Waals surface area contributed by atoms with Crippen molar-refractivity contribution in [1.82, 2.24) is 9.97 Å². The Morgan fingerprint density at radius 2 is 1.95 bits per heavy atom. The Balaban J connectivity index is 1.80. The van der Waals surface area contributed by atoms with Gasteiger partial charge in [-0.3, -0.25) is 4.98 Å². The van der Waals surface area contributed by atoms with Gasteiger partial charge in [-0.1, -0.05) is 11.6 Å². The van der Waals surface area contributed by atoms with Gasteiger partial charge in [0.05, 0.1) is 23.9 Å². The van der Waals surface area contributed by atoms with Crippen molar-refractivity contribution in [2.24, 2.45) is 0 Å². The molecule has 2 aromatic heterocycles. The Morgan fingerprint density at radius 1 is 1.16 bits per heavy atom. The molecule has 0 aliphatic carbocycles. The molecule has 0 fully saturated rings. The van der Waals surface area contributed by atoms with Gasteiger partial charge in [0, 0.05) is 18.5 Å². The molecule has 0 aliphatic heterocycles. The highest BCUT2D eigenvalue weighted by molar-refractivity contribution is 6.31. The minimum Gasteiger partial charge on any atom is -0.478 e. The molecule has 5 heteroatoms. The second-order valence-electron chi connectivity index (χ2n) is 4.04. The molecule has 0 saturated carbocycles. The number of halogens is 1. The van der Waals surface area contributed by atoms with E-state index in [1.165, 1.54) is 5.56 Å². The Kier molecular flexibility index (Phi) is 5.12. The summed E-state index contributed by atoms with van der Waals surface area (Å²) in [6.07, 6.45) is 5.39. The van der Waals surface area contributed by atoms with Gasteiger partial charge in [-0.15, -0.1) is 0 Å².